The van der Waals surface area contributed by atoms with E-state index in [4.69, 9.17) is 5.73 Å². The number of benzene rings is 1. The molecular weight excluding hydrogens is 180 g/mol. The van der Waals surface area contributed by atoms with Crippen LogP contribution >= 0.6 is 0 Å². The Morgan fingerprint density at radius 2 is 2.07 bits per heavy atom. The quantitative estimate of drug-likeness (QED) is 0.476. The van der Waals surface area contributed by atoms with Crippen LogP contribution in [0, 0.1) is 0 Å². The lowest BCUT2D eigenvalue weighted by molar-refractivity contribution is -0.127. The van der Waals surface area contributed by atoms with Gasteiger partial charge in [-0.25, -0.2) is 0 Å². The van der Waals surface area contributed by atoms with Gasteiger partial charge in [0.1, 0.15) is 0 Å². The van der Waals surface area contributed by atoms with Crippen LogP contribution in [0.3, 0.4) is 0 Å². The van der Waals surface area contributed by atoms with Crippen LogP contribution in [0.15, 0.2) is 18.2 Å². The van der Waals surface area contributed by atoms with Crippen molar-refractivity contribution in [2.24, 2.45) is 0 Å². The van der Waals surface area contributed by atoms with Crippen molar-refractivity contribution in [1.82, 2.24) is 4.90 Å². The van der Waals surface area contributed by atoms with E-state index in [9.17, 15) is 9.59 Å². The van der Waals surface area contributed by atoms with Crippen molar-refractivity contribution in [3.8, 4) is 0 Å². The summed E-state index contributed by atoms with van der Waals surface area (Å²) in [6, 6.07) is 5.01. The van der Waals surface area contributed by atoms with Crippen LogP contribution in [0.5, 0.6) is 0 Å². The van der Waals surface area contributed by atoms with Gasteiger partial charge < -0.3 is 5.73 Å². The van der Waals surface area contributed by atoms with Gasteiger partial charge >= 0.3 is 0 Å². The Labute approximate surface area is 81.3 Å². The normalized spacial score (nSPS) is 15.6. The van der Waals surface area contributed by atoms with Gasteiger partial charge in [0.05, 0.1) is 6.42 Å². The lowest BCUT2D eigenvalue weighted by atomic mass is 9.98. The van der Waals surface area contributed by atoms with Gasteiger partial charge in [0.25, 0.3) is 5.91 Å². The predicted octanol–water partition coefficient (Wildman–Crippen LogP) is 0.423. The van der Waals surface area contributed by atoms with Crippen molar-refractivity contribution in [2.45, 2.75) is 6.42 Å². The van der Waals surface area contributed by atoms with Gasteiger partial charge in [-0.05, 0) is 23.8 Å². The van der Waals surface area contributed by atoms with E-state index in [0.29, 0.717) is 11.3 Å². The Morgan fingerprint density at radius 3 is 2.79 bits per heavy atom. The zero-order chi connectivity index (χ0) is 10.3. The summed E-state index contributed by atoms with van der Waals surface area (Å²) in [5.74, 6) is -0.440. The van der Waals surface area contributed by atoms with Crippen molar-refractivity contribution in [1.29, 1.82) is 0 Å². The molecule has 0 fully saturated rings. The highest BCUT2D eigenvalue weighted by atomic mass is 16.2. The number of nitrogen functional groups attached to an aromatic ring is 1. The number of nitrogens with zero attached hydrogens (tertiary/aromatic N) is 1. The summed E-state index contributed by atoms with van der Waals surface area (Å²) in [5.41, 5.74) is 7.44. The first kappa shape index (κ1) is 8.74. The molecule has 0 spiro atoms. The monoisotopic (exact) mass is 190 g/mol. The second-order valence-electron chi connectivity index (χ2n) is 3.35. The maximum Gasteiger partial charge on any atom is 0.260 e. The SMILES string of the molecule is CN1C(=O)Cc2cc(N)ccc2C1=O. The molecule has 1 aliphatic heterocycles. The molecule has 0 aromatic heterocycles. The van der Waals surface area contributed by atoms with Crippen LogP contribution in [-0.4, -0.2) is 23.8 Å². The molecular formula is C10H10N2O2. The third-order valence-electron chi connectivity index (χ3n) is 2.38. The summed E-state index contributed by atoms with van der Waals surface area (Å²) in [4.78, 5) is 24.1. The number of amides is 2. The standard InChI is InChI=1S/C10H10N2O2/c1-12-9(13)5-6-4-7(11)2-3-8(6)10(12)14/h2-4H,5,11H2,1H3. The fraction of sp³-hybridized carbons (Fsp3) is 0.200. The number of fused-ring (bicyclic) bond motifs is 1. The Balaban J connectivity index is 2.56. The van der Waals surface area contributed by atoms with Crippen LogP contribution in [0.25, 0.3) is 0 Å². The molecule has 0 aliphatic carbocycles. The minimum absolute atomic E-state index is 0.187. The molecule has 2 N–H and O–H groups in total. The Kier molecular flexibility index (Phi) is 1.77. The van der Waals surface area contributed by atoms with Gasteiger partial charge in [0, 0.05) is 18.3 Å². The minimum Gasteiger partial charge on any atom is -0.399 e. The Morgan fingerprint density at radius 1 is 1.36 bits per heavy atom. The lowest BCUT2D eigenvalue weighted by Crippen LogP contribution is -2.39. The van der Waals surface area contributed by atoms with Gasteiger partial charge in [0.15, 0.2) is 0 Å². The van der Waals surface area contributed by atoms with Crippen molar-refractivity contribution < 1.29 is 9.59 Å². The van der Waals surface area contributed by atoms with E-state index in [1.165, 1.54) is 7.05 Å². The molecule has 4 nitrogen and oxygen atoms in total. The van der Waals surface area contributed by atoms with E-state index >= 15 is 0 Å². The van der Waals surface area contributed by atoms with Crippen LogP contribution in [0.1, 0.15) is 15.9 Å². The maximum absolute atomic E-state index is 11.6. The van der Waals surface area contributed by atoms with Gasteiger partial charge in [-0.3, -0.25) is 14.5 Å². The molecule has 4 heteroatoms. The van der Waals surface area contributed by atoms with E-state index in [0.717, 1.165) is 10.5 Å². The van der Waals surface area contributed by atoms with Crippen LogP contribution in [0.2, 0.25) is 0 Å². The molecule has 0 unspecified atom stereocenters. The summed E-state index contributed by atoms with van der Waals surface area (Å²) in [6.45, 7) is 0. The number of nitrogens with two attached hydrogens (primary N) is 1. The number of hydrogen-bond donors (Lipinski definition) is 1. The number of imide groups is 1. The number of anilines is 1. The Hall–Kier alpha value is -1.84. The van der Waals surface area contributed by atoms with Gasteiger partial charge in [-0.1, -0.05) is 0 Å². The van der Waals surface area contributed by atoms with Gasteiger partial charge in [0.2, 0.25) is 5.91 Å². The van der Waals surface area contributed by atoms with Crippen LogP contribution in [-0.2, 0) is 11.2 Å². The Bertz CT molecular complexity index is 426. The van der Waals surface area contributed by atoms with E-state index in [1.54, 1.807) is 18.2 Å². The molecule has 2 rings (SSSR count). The molecule has 0 radical (unpaired) electrons. The first-order chi connectivity index (χ1) is 6.59. The van der Waals surface area contributed by atoms with E-state index < -0.39 is 0 Å². The lowest BCUT2D eigenvalue weighted by Gasteiger charge is -2.23. The van der Waals surface area contributed by atoms with Crippen molar-refractivity contribution in [3.05, 3.63) is 29.3 Å². The summed E-state index contributed by atoms with van der Waals surface area (Å²) < 4.78 is 0. The molecule has 1 aromatic rings. The first-order valence-corrected chi connectivity index (χ1v) is 4.29. The zero-order valence-corrected chi connectivity index (χ0v) is 7.78. The van der Waals surface area contributed by atoms with Crippen molar-refractivity contribution in [3.63, 3.8) is 0 Å². The van der Waals surface area contributed by atoms with Crippen molar-refractivity contribution in [2.75, 3.05) is 12.8 Å². The largest absolute Gasteiger partial charge is 0.399 e. The fourth-order valence-electron chi connectivity index (χ4n) is 1.54. The zero-order valence-electron chi connectivity index (χ0n) is 7.78. The molecule has 0 saturated carbocycles. The van der Waals surface area contributed by atoms with Gasteiger partial charge in [-0.15, -0.1) is 0 Å². The van der Waals surface area contributed by atoms with Gasteiger partial charge in [-0.2, -0.15) is 0 Å². The molecule has 14 heavy (non-hydrogen) atoms. The average Bonchev–Trinajstić information content (AvgIpc) is 2.14. The average molecular weight is 190 g/mol. The predicted molar refractivity (Wildman–Crippen MR) is 51.7 cm³/mol. The molecule has 0 bridgehead atoms. The molecule has 1 aliphatic rings. The number of rotatable bonds is 0. The molecule has 0 saturated heterocycles. The highest BCUT2D eigenvalue weighted by molar-refractivity contribution is 6.09. The molecule has 0 atom stereocenters. The first-order valence-electron chi connectivity index (χ1n) is 4.29. The summed E-state index contributed by atoms with van der Waals surface area (Å²) in [7, 11) is 1.49. The van der Waals surface area contributed by atoms with Crippen LogP contribution < -0.4 is 5.73 Å². The molecule has 2 amide bonds. The van der Waals surface area contributed by atoms with Crippen LogP contribution in [0.4, 0.5) is 5.69 Å². The second-order valence-corrected chi connectivity index (χ2v) is 3.35. The molecule has 1 aromatic carbocycles. The number of likely N-dealkylation sites (N-methyl/N-ethyl adjacent to an activating group) is 1. The number of carbonyl (C=O) groups is 2. The highest BCUT2D eigenvalue weighted by Gasteiger charge is 2.27. The van der Waals surface area contributed by atoms with E-state index in [2.05, 4.69) is 0 Å². The summed E-state index contributed by atoms with van der Waals surface area (Å²) >= 11 is 0. The summed E-state index contributed by atoms with van der Waals surface area (Å²) in [6.07, 6.45) is 0.253. The maximum atomic E-state index is 11.6. The van der Waals surface area contributed by atoms with Crippen molar-refractivity contribution >= 4 is 17.5 Å². The topological polar surface area (TPSA) is 63.4 Å². The smallest absolute Gasteiger partial charge is 0.260 e. The third-order valence-corrected chi connectivity index (χ3v) is 2.38. The fourth-order valence-corrected chi connectivity index (χ4v) is 1.54. The third kappa shape index (κ3) is 1.16. The van der Waals surface area contributed by atoms with E-state index in [-0.39, 0.29) is 18.2 Å². The second kappa shape index (κ2) is 2.83. The number of hydrogen-bond acceptors (Lipinski definition) is 3. The highest BCUT2D eigenvalue weighted by Crippen LogP contribution is 2.20. The summed E-state index contributed by atoms with van der Waals surface area (Å²) in [5, 5.41) is 0. The molecule has 72 valence electrons. The van der Waals surface area contributed by atoms with E-state index in [1.807, 2.05) is 0 Å². The number of carbonyl (C=O) groups excluding carboxylic acids is 2. The minimum atomic E-state index is -0.253. The molecule has 1 heterocycles.